The molecule has 138 valence electrons. The number of ether oxygens (including phenoxy) is 1. The quantitative estimate of drug-likeness (QED) is 0.466. The monoisotopic (exact) mass is 391 g/mol. The summed E-state index contributed by atoms with van der Waals surface area (Å²) in [5, 5.41) is 12.7. The number of halogens is 1. The van der Waals surface area contributed by atoms with E-state index in [2.05, 4.69) is 20.9 Å². The normalized spacial score (nSPS) is 17.0. The Balaban J connectivity index is 1.61. The molecule has 0 amide bonds. The lowest BCUT2D eigenvalue weighted by atomic mass is 10.2. The minimum absolute atomic E-state index is 0.225. The van der Waals surface area contributed by atoms with Crippen molar-refractivity contribution in [1.82, 2.24) is 20.5 Å². The van der Waals surface area contributed by atoms with E-state index in [1.165, 1.54) is 5.56 Å². The minimum Gasteiger partial charge on any atom is -0.376 e. The summed E-state index contributed by atoms with van der Waals surface area (Å²) in [5.74, 6) is 0. The van der Waals surface area contributed by atoms with Crippen LogP contribution in [0.4, 0.5) is 0 Å². The molecule has 1 atom stereocenters. The highest BCUT2D eigenvalue weighted by Crippen LogP contribution is 2.22. The molecule has 26 heavy (non-hydrogen) atoms. The molecular formula is C18H22ClN5OS. The molecule has 6 nitrogen and oxygen atoms in total. The molecule has 8 heteroatoms. The standard InChI is InChI=1S/C18H22ClN5OS/c1-12-5-7-14(8-6-12)24-17(19)16(13(2)23-24)11-21-22-18(26)20-10-15-4-3-9-25-15/h5-8,11,15H,3-4,9-10H2,1-2H3,(H2,20,22,26). The summed E-state index contributed by atoms with van der Waals surface area (Å²) in [4.78, 5) is 0. The maximum Gasteiger partial charge on any atom is 0.187 e. The average Bonchev–Trinajstić information content (AvgIpc) is 3.24. The zero-order valence-corrected chi connectivity index (χ0v) is 16.4. The second-order valence-corrected chi connectivity index (χ2v) is 7.02. The Morgan fingerprint density at radius 2 is 2.19 bits per heavy atom. The first-order valence-electron chi connectivity index (χ1n) is 8.55. The number of hydrogen-bond acceptors (Lipinski definition) is 4. The highest BCUT2D eigenvalue weighted by molar-refractivity contribution is 7.80. The van der Waals surface area contributed by atoms with E-state index in [0.29, 0.717) is 16.8 Å². The number of rotatable bonds is 5. The van der Waals surface area contributed by atoms with E-state index in [0.717, 1.165) is 36.4 Å². The lowest BCUT2D eigenvalue weighted by Gasteiger charge is -2.11. The third-order valence-electron chi connectivity index (χ3n) is 4.20. The summed E-state index contributed by atoms with van der Waals surface area (Å²) < 4.78 is 7.24. The third kappa shape index (κ3) is 4.60. The maximum absolute atomic E-state index is 6.48. The van der Waals surface area contributed by atoms with Crippen molar-refractivity contribution in [3.8, 4) is 5.69 Å². The zero-order valence-electron chi connectivity index (χ0n) is 14.8. The fourth-order valence-corrected chi connectivity index (χ4v) is 3.18. The van der Waals surface area contributed by atoms with Gasteiger partial charge in [-0.2, -0.15) is 10.2 Å². The van der Waals surface area contributed by atoms with Gasteiger partial charge >= 0.3 is 0 Å². The summed E-state index contributed by atoms with van der Waals surface area (Å²) in [6, 6.07) is 8.01. The molecule has 1 aromatic heterocycles. The number of benzene rings is 1. The third-order valence-corrected chi connectivity index (χ3v) is 4.80. The van der Waals surface area contributed by atoms with E-state index in [1.807, 2.05) is 38.1 Å². The van der Waals surface area contributed by atoms with Crippen LogP contribution < -0.4 is 10.7 Å². The van der Waals surface area contributed by atoms with E-state index in [-0.39, 0.29) is 6.10 Å². The molecule has 0 spiro atoms. The average molecular weight is 392 g/mol. The second-order valence-electron chi connectivity index (χ2n) is 6.25. The first-order valence-corrected chi connectivity index (χ1v) is 9.34. The van der Waals surface area contributed by atoms with Crippen LogP contribution in [0.1, 0.15) is 29.7 Å². The molecule has 1 saturated heterocycles. The molecule has 1 aliphatic heterocycles. The van der Waals surface area contributed by atoms with Crippen molar-refractivity contribution in [3.05, 3.63) is 46.2 Å². The molecular weight excluding hydrogens is 370 g/mol. The van der Waals surface area contributed by atoms with Crippen molar-refractivity contribution in [2.24, 2.45) is 5.10 Å². The zero-order chi connectivity index (χ0) is 18.5. The highest BCUT2D eigenvalue weighted by atomic mass is 35.5. The summed E-state index contributed by atoms with van der Waals surface area (Å²) in [6.07, 6.45) is 4.03. The molecule has 1 aromatic carbocycles. The Bertz CT molecular complexity index is 797. The number of hydrazone groups is 1. The van der Waals surface area contributed by atoms with Crippen LogP contribution in [0.2, 0.25) is 5.15 Å². The molecule has 0 bridgehead atoms. The van der Waals surface area contributed by atoms with E-state index >= 15 is 0 Å². The van der Waals surface area contributed by atoms with Gasteiger partial charge in [0.05, 0.1) is 29.3 Å². The molecule has 3 rings (SSSR count). The van der Waals surface area contributed by atoms with E-state index in [9.17, 15) is 0 Å². The van der Waals surface area contributed by atoms with Crippen molar-refractivity contribution < 1.29 is 4.74 Å². The Kier molecular flexibility index (Phi) is 6.24. The van der Waals surface area contributed by atoms with Crippen LogP contribution in [0.3, 0.4) is 0 Å². The fraction of sp³-hybridized carbons (Fsp3) is 0.389. The van der Waals surface area contributed by atoms with Gasteiger partial charge in [-0.05, 0) is 51.0 Å². The predicted molar refractivity (Wildman–Crippen MR) is 108 cm³/mol. The van der Waals surface area contributed by atoms with Crippen LogP contribution in [0.15, 0.2) is 29.4 Å². The maximum atomic E-state index is 6.48. The summed E-state index contributed by atoms with van der Waals surface area (Å²) in [7, 11) is 0. The molecule has 2 heterocycles. The fourth-order valence-electron chi connectivity index (χ4n) is 2.72. The van der Waals surface area contributed by atoms with Gasteiger partial charge in [-0.1, -0.05) is 29.3 Å². The first kappa shape index (κ1) is 18.8. The molecule has 2 aromatic rings. The Labute approximate surface area is 163 Å². The SMILES string of the molecule is Cc1ccc(-n2nc(C)c(C=NNC(=S)NCC3CCCO3)c2Cl)cc1. The molecule has 1 aliphatic rings. The van der Waals surface area contributed by atoms with Crippen molar-refractivity contribution in [2.75, 3.05) is 13.2 Å². The van der Waals surface area contributed by atoms with Gasteiger partial charge in [0.25, 0.3) is 0 Å². The summed E-state index contributed by atoms with van der Waals surface area (Å²) >= 11 is 11.7. The van der Waals surface area contributed by atoms with Gasteiger partial charge in [0.1, 0.15) is 5.15 Å². The van der Waals surface area contributed by atoms with Crippen LogP contribution in [0.5, 0.6) is 0 Å². The lowest BCUT2D eigenvalue weighted by molar-refractivity contribution is 0.114. The molecule has 1 unspecified atom stereocenters. The van der Waals surface area contributed by atoms with Gasteiger partial charge in [0.15, 0.2) is 5.11 Å². The first-order chi connectivity index (χ1) is 12.5. The molecule has 0 saturated carbocycles. The number of aromatic nitrogens is 2. The van der Waals surface area contributed by atoms with E-state index in [4.69, 9.17) is 28.6 Å². The topological polar surface area (TPSA) is 63.5 Å². The second kappa shape index (κ2) is 8.62. The molecule has 1 fully saturated rings. The Hall–Kier alpha value is -1.96. The summed E-state index contributed by atoms with van der Waals surface area (Å²) in [5.41, 5.74) is 6.44. The van der Waals surface area contributed by atoms with E-state index < -0.39 is 0 Å². The van der Waals surface area contributed by atoms with Gasteiger partial charge in [0.2, 0.25) is 0 Å². The predicted octanol–water partition coefficient (Wildman–Crippen LogP) is 3.12. The Morgan fingerprint density at radius 1 is 1.42 bits per heavy atom. The van der Waals surface area contributed by atoms with Crippen LogP contribution in [0, 0.1) is 13.8 Å². The van der Waals surface area contributed by atoms with Crippen LogP contribution >= 0.6 is 23.8 Å². The number of nitrogens with one attached hydrogen (secondary N) is 2. The van der Waals surface area contributed by atoms with Crippen molar-refractivity contribution in [2.45, 2.75) is 32.8 Å². The Morgan fingerprint density at radius 3 is 2.88 bits per heavy atom. The van der Waals surface area contributed by atoms with Crippen LogP contribution in [-0.4, -0.2) is 40.4 Å². The van der Waals surface area contributed by atoms with Crippen molar-refractivity contribution >= 4 is 35.1 Å². The largest absolute Gasteiger partial charge is 0.376 e. The number of thiocarbonyl (C=S) groups is 1. The van der Waals surface area contributed by atoms with Gasteiger partial charge < -0.3 is 10.1 Å². The van der Waals surface area contributed by atoms with Gasteiger partial charge in [-0.15, -0.1) is 0 Å². The van der Waals surface area contributed by atoms with Crippen LogP contribution in [0.25, 0.3) is 5.69 Å². The van der Waals surface area contributed by atoms with Gasteiger partial charge in [-0.25, -0.2) is 4.68 Å². The van der Waals surface area contributed by atoms with Gasteiger partial charge in [0, 0.05) is 13.2 Å². The lowest BCUT2D eigenvalue weighted by Crippen LogP contribution is -2.37. The molecule has 2 N–H and O–H groups in total. The minimum atomic E-state index is 0.225. The van der Waals surface area contributed by atoms with Crippen molar-refractivity contribution in [1.29, 1.82) is 0 Å². The highest BCUT2D eigenvalue weighted by Gasteiger charge is 2.15. The number of hydrogen-bond donors (Lipinski definition) is 2. The molecule has 0 radical (unpaired) electrons. The van der Waals surface area contributed by atoms with Crippen LogP contribution in [-0.2, 0) is 4.74 Å². The number of nitrogens with zero attached hydrogens (tertiary/aromatic N) is 3. The van der Waals surface area contributed by atoms with E-state index in [1.54, 1.807) is 10.9 Å². The summed E-state index contributed by atoms with van der Waals surface area (Å²) in [6.45, 7) is 5.45. The number of aryl methyl sites for hydroxylation is 2. The smallest absolute Gasteiger partial charge is 0.187 e. The van der Waals surface area contributed by atoms with Crippen molar-refractivity contribution in [3.63, 3.8) is 0 Å². The molecule has 0 aliphatic carbocycles. The van der Waals surface area contributed by atoms with Gasteiger partial charge in [-0.3, -0.25) is 5.43 Å².